The third-order valence-corrected chi connectivity index (χ3v) is 8.38. The van der Waals surface area contributed by atoms with Crippen molar-refractivity contribution in [1.82, 2.24) is 9.55 Å². The molecule has 36 heavy (non-hydrogen) atoms. The van der Waals surface area contributed by atoms with Crippen LogP contribution in [0.15, 0.2) is 106 Å². The van der Waals surface area contributed by atoms with Crippen molar-refractivity contribution >= 4 is 86.4 Å². The molecule has 0 radical (unpaired) electrons. The molecule has 0 aliphatic rings. The maximum atomic E-state index is 6.61. The van der Waals surface area contributed by atoms with Crippen molar-refractivity contribution < 1.29 is 8.83 Å². The SMILES string of the molecule is c1ccc2c(c1)oc1cc3c(cc12)c1ccccc1n3-c1nc2ccc3sc4ccccc4c3c2o1. The lowest BCUT2D eigenvalue weighted by molar-refractivity contribution is 0.577. The van der Waals surface area contributed by atoms with E-state index in [1.54, 1.807) is 11.3 Å². The zero-order valence-corrected chi connectivity index (χ0v) is 19.7. The average Bonchev–Trinajstić information content (AvgIpc) is 3.66. The highest BCUT2D eigenvalue weighted by molar-refractivity contribution is 7.26. The lowest BCUT2D eigenvalue weighted by Gasteiger charge is -2.01. The van der Waals surface area contributed by atoms with Gasteiger partial charge in [-0.1, -0.05) is 54.6 Å². The molecule has 0 unspecified atom stereocenters. The summed E-state index contributed by atoms with van der Waals surface area (Å²) in [6.07, 6.45) is 0. The predicted octanol–water partition coefficient (Wildman–Crippen LogP) is 9.19. The number of aromatic nitrogens is 2. The van der Waals surface area contributed by atoms with Crippen LogP contribution < -0.4 is 0 Å². The number of benzene rings is 5. The molecule has 168 valence electrons. The van der Waals surface area contributed by atoms with E-state index in [0.29, 0.717) is 6.01 Å². The highest BCUT2D eigenvalue weighted by Gasteiger charge is 2.20. The predicted molar refractivity (Wildman–Crippen MR) is 149 cm³/mol. The van der Waals surface area contributed by atoms with Gasteiger partial charge in [0, 0.05) is 47.8 Å². The summed E-state index contributed by atoms with van der Waals surface area (Å²) in [6.45, 7) is 0. The van der Waals surface area contributed by atoms with Gasteiger partial charge in [0.2, 0.25) is 0 Å². The maximum absolute atomic E-state index is 6.61. The fraction of sp³-hybridized carbons (Fsp3) is 0. The molecule has 0 saturated carbocycles. The molecule has 0 saturated heterocycles. The van der Waals surface area contributed by atoms with E-state index in [9.17, 15) is 0 Å². The monoisotopic (exact) mass is 480 g/mol. The van der Waals surface area contributed by atoms with Crippen molar-refractivity contribution in [3.8, 4) is 6.01 Å². The first-order valence-corrected chi connectivity index (χ1v) is 12.7. The Hall–Kier alpha value is -4.61. The van der Waals surface area contributed by atoms with Crippen LogP contribution in [0.3, 0.4) is 0 Å². The minimum absolute atomic E-state index is 0.564. The smallest absolute Gasteiger partial charge is 0.307 e. The normalized spacial score (nSPS) is 12.4. The number of nitrogens with zero attached hydrogens (tertiary/aromatic N) is 2. The van der Waals surface area contributed by atoms with Gasteiger partial charge in [-0.3, -0.25) is 4.57 Å². The molecule has 0 bridgehead atoms. The number of rotatable bonds is 1. The summed E-state index contributed by atoms with van der Waals surface area (Å²) in [4.78, 5) is 4.99. The van der Waals surface area contributed by atoms with Crippen molar-refractivity contribution in [2.24, 2.45) is 0 Å². The molecule has 5 aromatic carbocycles. The molecule has 0 amide bonds. The van der Waals surface area contributed by atoms with E-state index in [1.165, 1.54) is 14.8 Å². The van der Waals surface area contributed by atoms with E-state index in [-0.39, 0.29) is 0 Å². The number of hydrogen-bond donors (Lipinski definition) is 0. The van der Waals surface area contributed by atoms with Gasteiger partial charge in [-0.15, -0.1) is 11.3 Å². The largest absolute Gasteiger partial charge is 0.456 e. The number of oxazole rings is 1. The van der Waals surface area contributed by atoms with E-state index in [2.05, 4.69) is 89.5 Å². The van der Waals surface area contributed by atoms with Crippen LogP contribution in [0.2, 0.25) is 0 Å². The van der Waals surface area contributed by atoms with Gasteiger partial charge in [-0.2, -0.15) is 4.98 Å². The van der Waals surface area contributed by atoms with Crippen LogP contribution in [0.25, 0.3) is 81.0 Å². The zero-order valence-electron chi connectivity index (χ0n) is 18.9. The van der Waals surface area contributed by atoms with E-state index in [1.807, 2.05) is 12.1 Å². The standard InChI is InChI=1S/C31H16N2O2S/c1-4-10-23-17(7-1)20-15-21-18-8-2-5-11-25(18)34-26(21)16-24(20)33(23)31-32-22-13-14-28-29(30(22)35-31)19-9-3-6-12-27(19)36-28/h1-16H. The minimum atomic E-state index is 0.564. The Morgan fingerprint density at radius 1 is 0.583 bits per heavy atom. The molecule has 0 N–H and O–H groups in total. The molecule has 0 aliphatic heterocycles. The Morgan fingerprint density at radius 2 is 1.39 bits per heavy atom. The molecule has 0 atom stereocenters. The number of fused-ring (bicyclic) bond motifs is 11. The number of hydrogen-bond acceptors (Lipinski definition) is 4. The van der Waals surface area contributed by atoms with Gasteiger partial charge in [0.25, 0.3) is 0 Å². The van der Waals surface area contributed by atoms with Gasteiger partial charge in [0.05, 0.1) is 11.0 Å². The van der Waals surface area contributed by atoms with Crippen LogP contribution in [0, 0.1) is 0 Å². The second-order valence-corrected chi connectivity index (χ2v) is 10.3. The molecule has 4 nitrogen and oxygen atoms in total. The van der Waals surface area contributed by atoms with E-state index < -0.39 is 0 Å². The van der Waals surface area contributed by atoms with Crippen LogP contribution in [0.4, 0.5) is 0 Å². The first-order valence-electron chi connectivity index (χ1n) is 11.9. The molecule has 4 heterocycles. The molecule has 9 aromatic rings. The lowest BCUT2D eigenvalue weighted by atomic mass is 10.1. The van der Waals surface area contributed by atoms with Crippen molar-refractivity contribution in [1.29, 1.82) is 0 Å². The second-order valence-electron chi connectivity index (χ2n) is 9.20. The third kappa shape index (κ3) is 2.30. The summed E-state index contributed by atoms with van der Waals surface area (Å²) in [5, 5.41) is 6.89. The maximum Gasteiger partial charge on any atom is 0.307 e. The first-order chi connectivity index (χ1) is 17.8. The van der Waals surface area contributed by atoms with Crippen molar-refractivity contribution in [3.63, 3.8) is 0 Å². The minimum Gasteiger partial charge on any atom is -0.456 e. The van der Waals surface area contributed by atoms with Gasteiger partial charge in [-0.05, 0) is 36.4 Å². The highest BCUT2D eigenvalue weighted by Crippen LogP contribution is 2.41. The Kier molecular flexibility index (Phi) is 3.39. The van der Waals surface area contributed by atoms with Crippen LogP contribution in [0.5, 0.6) is 0 Å². The molecule has 9 rings (SSSR count). The van der Waals surface area contributed by atoms with Gasteiger partial charge >= 0.3 is 6.01 Å². The fourth-order valence-electron chi connectivity index (χ4n) is 5.67. The highest BCUT2D eigenvalue weighted by atomic mass is 32.1. The van der Waals surface area contributed by atoms with E-state index in [4.69, 9.17) is 13.8 Å². The Bertz CT molecular complexity index is 2330. The number of para-hydroxylation sites is 2. The number of furan rings is 1. The molecule has 5 heteroatoms. The average molecular weight is 481 g/mol. The van der Waals surface area contributed by atoms with Crippen LogP contribution in [-0.2, 0) is 0 Å². The van der Waals surface area contributed by atoms with E-state index >= 15 is 0 Å². The molecular weight excluding hydrogens is 464 g/mol. The Balaban J connectivity index is 1.42. The molecule has 0 fully saturated rings. The summed E-state index contributed by atoms with van der Waals surface area (Å²) >= 11 is 1.78. The van der Waals surface area contributed by atoms with Crippen molar-refractivity contribution in [2.45, 2.75) is 0 Å². The van der Waals surface area contributed by atoms with Gasteiger partial charge < -0.3 is 8.83 Å². The Labute approximate surface area is 207 Å². The molecule has 0 spiro atoms. The van der Waals surface area contributed by atoms with Crippen molar-refractivity contribution in [2.75, 3.05) is 0 Å². The fourth-order valence-corrected chi connectivity index (χ4v) is 6.78. The van der Waals surface area contributed by atoms with Gasteiger partial charge in [-0.25, -0.2) is 0 Å². The second kappa shape index (κ2) is 6.53. The zero-order chi connectivity index (χ0) is 23.4. The third-order valence-electron chi connectivity index (χ3n) is 7.25. The molecule has 4 aromatic heterocycles. The molecule has 0 aliphatic carbocycles. The summed E-state index contributed by atoms with van der Waals surface area (Å²) in [5.41, 5.74) is 5.51. The van der Waals surface area contributed by atoms with Crippen LogP contribution in [0.1, 0.15) is 0 Å². The van der Waals surface area contributed by atoms with Crippen molar-refractivity contribution in [3.05, 3.63) is 97.1 Å². The molecular formula is C31H16N2O2S. The summed E-state index contributed by atoms with van der Waals surface area (Å²) < 4.78 is 17.4. The van der Waals surface area contributed by atoms with Gasteiger partial charge in [0.1, 0.15) is 16.7 Å². The quantitative estimate of drug-likeness (QED) is 0.235. The first kappa shape index (κ1) is 18.7. The van der Waals surface area contributed by atoms with Crippen LogP contribution in [-0.4, -0.2) is 9.55 Å². The summed E-state index contributed by atoms with van der Waals surface area (Å²) in [6, 6.07) is 34.2. The summed E-state index contributed by atoms with van der Waals surface area (Å²) in [7, 11) is 0. The number of thiophene rings is 1. The lowest BCUT2D eigenvalue weighted by Crippen LogP contribution is -1.93. The van der Waals surface area contributed by atoms with Gasteiger partial charge in [0.15, 0.2) is 5.58 Å². The van der Waals surface area contributed by atoms with Crippen LogP contribution >= 0.6 is 11.3 Å². The summed E-state index contributed by atoms with van der Waals surface area (Å²) in [5.74, 6) is 0. The Morgan fingerprint density at radius 3 is 2.33 bits per heavy atom. The topological polar surface area (TPSA) is 44.1 Å². The van der Waals surface area contributed by atoms with E-state index in [0.717, 1.165) is 60.2 Å².